The van der Waals surface area contributed by atoms with Gasteiger partial charge in [0.15, 0.2) is 0 Å². The van der Waals surface area contributed by atoms with Crippen molar-refractivity contribution < 1.29 is 13.2 Å². The zero-order valence-corrected chi connectivity index (χ0v) is 16.0. The van der Waals surface area contributed by atoms with Crippen LogP contribution in [0.25, 0.3) is 0 Å². The minimum absolute atomic E-state index is 0.113. The highest BCUT2D eigenvalue weighted by Gasteiger charge is 2.18. The maximum atomic E-state index is 12.7. The van der Waals surface area contributed by atoms with Crippen molar-refractivity contribution in [3.8, 4) is 0 Å². The highest BCUT2D eigenvalue weighted by molar-refractivity contribution is 7.92. The van der Waals surface area contributed by atoms with Gasteiger partial charge in [0.1, 0.15) is 5.78 Å². The van der Waals surface area contributed by atoms with Gasteiger partial charge in [-0.25, -0.2) is 8.42 Å². The summed E-state index contributed by atoms with van der Waals surface area (Å²) in [5.41, 5.74) is 4.22. The van der Waals surface area contributed by atoms with Crippen LogP contribution < -0.4 is 4.72 Å². The summed E-state index contributed by atoms with van der Waals surface area (Å²) in [4.78, 5) is 12.3. The molecule has 2 aromatic carbocycles. The standard InChI is InChI=1S/C20H25NO3S/c1-5-6-18(22)13-17-11-15(3)16(4)12-20(17)21-25(23,24)19-9-7-14(2)8-10-19/h7-12,21H,5-6,13H2,1-4H3. The van der Waals surface area contributed by atoms with Crippen LogP contribution in [0, 0.1) is 20.8 Å². The van der Waals surface area contributed by atoms with Crippen LogP contribution in [-0.4, -0.2) is 14.2 Å². The van der Waals surface area contributed by atoms with Crippen molar-refractivity contribution in [2.24, 2.45) is 0 Å². The molecule has 0 heterocycles. The molecule has 2 rings (SSSR count). The zero-order chi connectivity index (χ0) is 18.6. The highest BCUT2D eigenvalue weighted by Crippen LogP contribution is 2.25. The first-order valence-corrected chi connectivity index (χ1v) is 9.92. The Morgan fingerprint density at radius 2 is 1.60 bits per heavy atom. The Morgan fingerprint density at radius 1 is 1.00 bits per heavy atom. The molecule has 2 aromatic rings. The fraction of sp³-hybridized carbons (Fsp3) is 0.350. The molecule has 0 aromatic heterocycles. The van der Waals surface area contributed by atoms with Gasteiger partial charge in [0.2, 0.25) is 0 Å². The SMILES string of the molecule is CCCC(=O)Cc1cc(C)c(C)cc1NS(=O)(=O)c1ccc(C)cc1. The van der Waals surface area contributed by atoms with E-state index in [0.29, 0.717) is 12.1 Å². The van der Waals surface area contributed by atoms with Gasteiger partial charge >= 0.3 is 0 Å². The molecule has 0 bridgehead atoms. The van der Waals surface area contributed by atoms with Gasteiger partial charge in [0, 0.05) is 12.8 Å². The Kier molecular flexibility index (Phi) is 6.01. The van der Waals surface area contributed by atoms with E-state index in [1.165, 1.54) is 0 Å². The fourth-order valence-corrected chi connectivity index (χ4v) is 3.71. The maximum Gasteiger partial charge on any atom is 0.261 e. The van der Waals surface area contributed by atoms with Gasteiger partial charge in [-0.15, -0.1) is 0 Å². The molecule has 0 amide bonds. The Morgan fingerprint density at radius 3 is 2.20 bits per heavy atom. The summed E-state index contributed by atoms with van der Waals surface area (Å²) in [6.07, 6.45) is 1.52. The number of hydrogen-bond donors (Lipinski definition) is 1. The second kappa shape index (κ2) is 7.83. The van der Waals surface area contributed by atoms with Gasteiger partial charge in [-0.05, 0) is 62.1 Å². The summed E-state index contributed by atoms with van der Waals surface area (Å²) in [5, 5.41) is 0. The van der Waals surface area contributed by atoms with Gasteiger partial charge in [-0.3, -0.25) is 9.52 Å². The van der Waals surface area contributed by atoms with Crippen molar-refractivity contribution in [3.05, 3.63) is 58.7 Å². The van der Waals surface area contributed by atoms with E-state index in [-0.39, 0.29) is 17.1 Å². The third-order valence-corrected chi connectivity index (χ3v) is 5.59. The predicted octanol–water partition coefficient (Wildman–Crippen LogP) is 4.32. The summed E-state index contributed by atoms with van der Waals surface area (Å²) < 4.78 is 28.0. The van der Waals surface area contributed by atoms with Crippen molar-refractivity contribution in [2.75, 3.05) is 4.72 Å². The fourth-order valence-electron chi connectivity index (χ4n) is 2.62. The van der Waals surface area contributed by atoms with Crippen LogP contribution in [0.2, 0.25) is 0 Å². The number of anilines is 1. The van der Waals surface area contributed by atoms with Gasteiger partial charge in [-0.2, -0.15) is 0 Å². The molecule has 0 aliphatic carbocycles. The molecule has 134 valence electrons. The first-order valence-electron chi connectivity index (χ1n) is 8.44. The van der Waals surface area contributed by atoms with Crippen LogP contribution in [0.4, 0.5) is 5.69 Å². The molecule has 0 saturated heterocycles. The maximum absolute atomic E-state index is 12.7. The lowest BCUT2D eigenvalue weighted by atomic mass is 9.99. The monoisotopic (exact) mass is 359 g/mol. The van der Waals surface area contributed by atoms with E-state index in [0.717, 1.165) is 28.7 Å². The topological polar surface area (TPSA) is 63.2 Å². The summed E-state index contributed by atoms with van der Waals surface area (Å²) in [6, 6.07) is 10.4. The van der Waals surface area contributed by atoms with Gasteiger partial charge in [0.05, 0.1) is 10.6 Å². The number of Topliss-reactive ketones (excluding diaryl/α,β-unsaturated/α-hetero) is 1. The molecule has 0 atom stereocenters. The number of sulfonamides is 1. The summed E-state index contributed by atoms with van der Waals surface area (Å²) >= 11 is 0. The van der Waals surface area contributed by atoms with Gasteiger partial charge < -0.3 is 0 Å². The summed E-state index contributed by atoms with van der Waals surface area (Å²) in [6.45, 7) is 7.75. The summed E-state index contributed by atoms with van der Waals surface area (Å²) in [7, 11) is -3.69. The Hall–Kier alpha value is -2.14. The molecule has 0 aliphatic heterocycles. The lowest BCUT2D eigenvalue weighted by molar-refractivity contribution is -0.118. The molecular weight excluding hydrogens is 334 g/mol. The normalized spacial score (nSPS) is 11.4. The molecule has 0 radical (unpaired) electrons. The first-order chi connectivity index (χ1) is 11.7. The van der Waals surface area contributed by atoms with Gasteiger partial charge in [0.25, 0.3) is 10.0 Å². The molecule has 25 heavy (non-hydrogen) atoms. The lowest BCUT2D eigenvalue weighted by Gasteiger charge is -2.15. The van der Waals surface area contributed by atoms with E-state index in [9.17, 15) is 13.2 Å². The number of hydrogen-bond acceptors (Lipinski definition) is 3. The Bertz CT molecular complexity index is 869. The molecule has 0 fully saturated rings. The molecular formula is C20H25NO3S. The van der Waals surface area contributed by atoms with Crippen LogP contribution in [0.5, 0.6) is 0 Å². The largest absolute Gasteiger partial charge is 0.299 e. The van der Waals surface area contributed by atoms with Crippen LogP contribution >= 0.6 is 0 Å². The first kappa shape index (κ1) is 19.2. The molecule has 1 N–H and O–H groups in total. The van der Waals surface area contributed by atoms with Crippen LogP contribution in [0.15, 0.2) is 41.3 Å². The van der Waals surface area contributed by atoms with E-state index in [1.54, 1.807) is 30.3 Å². The second-order valence-electron chi connectivity index (χ2n) is 6.48. The van der Waals surface area contributed by atoms with Crippen molar-refractivity contribution in [3.63, 3.8) is 0 Å². The third-order valence-electron chi connectivity index (χ3n) is 4.21. The number of carbonyl (C=O) groups is 1. The van der Waals surface area contributed by atoms with E-state index >= 15 is 0 Å². The minimum atomic E-state index is -3.69. The van der Waals surface area contributed by atoms with Crippen molar-refractivity contribution in [1.29, 1.82) is 0 Å². The van der Waals surface area contributed by atoms with Crippen LogP contribution in [-0.2, 0) is 21.2 Å². The van der Waals surface area contributed by atoms with E-state index in [2.05, 4.69) is 4.72 Å². The lowest BCUT2D eigenvalue weighted by Crippen LogP contribution is -2.16. The van der Waals surface area contributed by atoms with Crippen molar-refractivity contribution in [2.45, 2.75) is 51.9 Å². The quantitative estimate of drug-likeness (QED) is 0.800. The highest BCUT2D eigenvalue weighted by atomic mass is 32.2. The minimum Gasteiger partial charge on any atom is -0.299 e. The average Bonchev–Trinajstić information content (AvgIpc) is 2.52. The number of aryl methyl sites for hydroxylation is 3. The molecule has 0 saturated carbocycles. The molecule has 0 aliphatic rings. The summed E-state index contributed by atoms with van der Waals surface area (Å²) in [5.74, 6) is 0.113. The molecule has 4 nitrogen and oxygen atoms in total. The molecule has 5 heteroatoms. The van der Waals surface area contributed by atoms with E-state index in [1.807, 2.05) is 33.8 Å². The van der Waals surface area contributed by atoms with Crippen LogP contribution in [0.1, 0.15) is 42.0 Å². The van der Waals surface area contributed by atoms with Crippen molar-refractivity contribution in [1.82, 2.24) is 0 Å². The molecule has 0 spiro atoms. The Labute approximate surface area is 150 Å². The number of carbonyl (C=O) groups excluding carboxylic acids is 1. The third kappa shape index (κ3) is 4.92. The van der Waals surface area contributed by atoms with E-state index in [4.69, 9.17) is 0 Å². The number of ketones is 1. The second-order valence-corrected chi connectivity index (χ2v) is 8.16. The molecule has 0 unspecified atom stereocenters. The number of rotatable bonds is 7. The predicted molar refractivity (Wildman–Crippen MR) is 102 cm³/mol. The number of nitrogens with one attached hydrogen (secondary N) is 1. The Balaban J connectivity index is 2.38. The van der Waals surface area contributed by atoms with Gasteiger partial charge in [-0.1, -0.05) is 30.7 Å². The van der Waals surface area contributed by atoms with Crippen molar-refractivity contribution >= 4 is 21.5 Å². The van der Waals surface area contributed by atoms with Crippen LogP contribution in [0.3, 0.4) is 0 Å². The zero-order valence-electron chi connectivity index (χ0n) is 15.2. The van der Waals surface area contributed by atoms with E-state index < -0.39 is 10.0 Å². The number of benzene rings is 2. The average molecular weight is 359 g/mol. The smallest absolute Gasteiger partial charge is 0.261 e.